The van der Waals surface area contributed by atoms with Crippen molar-refractivity contribution in [3.63, 3.8) is 0 Å². The molecule has 1 unspecified atom stereocenters. The van der Waals surface area contributed by atoms with E-state index in [0.717, 1.165) is 5.39 Å². The summed E-state index contributed by atoms with van der Waals surface area (Å²) in [4.78, 5) is 10.7. The molecule has 0 aliphatic heterocycles. The Hall–Kier alpha value is -1.77. The van der Waals surface area contributed by atoms with Crippen molar-refractivity contribution < 1.29 is 14.3 Å². The first-order valence-corrected chi connectivity index (χ1v) is 4.37. The summed E-state index contributed by atoms with van der Waals surface area (Å²) >= 11 is 0. The highest BCUT2D eigenvalue weighted by Crippen LogP contribution is 2.26. The molecular formula is C11H9O3-. The first-order valence-electron chi connectivity index (χ1n) is 4.37. The van der Waals surface area contributed by atoms with Crippen LogP contribution in [0.5, 0.6) is 0 Å². The number of rotatable bonds is 2. The second-order valence-electron chi connectivity index (χ2n) is 3.23. The van der Waals surface area contributed by atoms with Gasteiger partial charge in [0.05, 0.1) is 6.26 Å². The number of furan rings is 1. The van der Waals surface area contributed by atoms with E-state index in [-0.39, 0.29) is 0 Å². The van der Waals surface area contributed by atoms with Crippen LogP contribution in [-0.2, 0) is 4.79 Å². The van der Waals surface area contributed by atoms with Gasteiger partial charge in [-0.15, -0.1) is 0 Å². The van der Waals surface area contributed by atoms with E-state index in [4.69, 9.17) is 4.42 Å². The van der Waals surface area contributed by atoms with Gasteiger partial charge in [-0.25, -0.2) is 0 Å². The van der Waals surface area contributed by atoms with Crippen molar-refractivity contribution in [2.24, 2.45) is 0 Å². The van der Waals surface area contributed by atoms with E-state index in [2.05, 4.69) is 0 Å². The van der Waals surface area contributed by atoms with Gasteiger partial charge in [0.25, 0.3) is 0 Å². The van der Waals surface area contributed by atoms with E-state index >= 15 is 0 Å². The van der Waals surface area contributed by atoms with Gasteiger partial charge in [0.15, 0.2) is 0 Å². The molecule has 1 atom stereocenters. The Kier molecular flexibility index (Phi) is 2.00. The van der Waals surface area contributed by atoms with Gasteiger partial charge in [-0.05, 0) is 6.07 Å². The third kappa shape index (κ3) is 1.27. The Bertz CT molecular complexity index is 470. The lowest BCUT2D eigenvalue weighted by Crippen LogP contribution is -2.27. The molecule has 3 heteroatoms. The van der Waals surface area contributed by atoms with Gasteiger partial charge in [0, 0.05) is 22.8 Å². The Balaban J connectivity index is 2.58. The number of aliphatic carboxylic acids is 1. The van der Waals surface area contributed by atoms with Gasteiger partial charge >= 0.3 is 0 Å². The standard InChI is InChI=1S/C11H10O3/c1-7(11(12)13)9-6-14-10-5-3-2-4-8(9)10/h2-7H,1H3,(H,12,13)/p-1. The first kappa shape index (κ1) is 8.81. The van der Waals surface area contributed by atoms with Gasteiger partial charge < -0.3 is 14.3 Å². The highest BCUT2D eigenvalue weighted by atomic mass is 16.4. The molecule has 0 aliphatic rings. The van der Waals surface area contributed by atoms with Crippen LogP contribution in [0.25, 0.3) is 11.0 Å². The normalized spacial score (nSPS) is 12.9. The second-order valence-corrected chi connectivity index (χ2v) is 3.23. The lowest BCUT2D eigenvalue weighted by Gasteiger charge is -2.09. The van der Waals surface area contributed by atoms with E-state index in [1.165, 1.54) is 6.26 Å². The number of para-hydroxylation sites is 1. The summed E-state index contributed by atoms with van der Waals surface area (Å²) in [6.45, 7) is 1.59. The zero-order valence-electron chi connectivity index (χ0n) is 7.69. The molecule has 0 spiro atoms. The molecule has 3 nitrogen and oxygen atoms in total. The molecule has 0 saturated heterocycles. The summed E-state index contributed by atoms with van der Waals surface area (Å²) in [5.74, 6) is -1.73. The monoisotopic (exact) mass is 189 g/mol. The van der Waals surface area contributed by atoms with E-state index in [1.54, 1.807) is 13.0 Å². The van der Waals surface area contributed by atoms with E-state index in [1.807, 2.05) is 18.2 Å². The van der Waals surface area contributed by atoms with Crippen LogP contribution in [0.4, 0.5) is 0 Å². The van der Waals surface area contributed by atoms with Crippen LogP contribution >= 0.6 is 0 Å². The Labute approximate surface area is 81.0 Å². The molecule has 0 saturated carbocycles. The minimum atomic E-state index is -1.09. The number of carbonyl (C=O) groups is 1. The lowest BCUT2D eigenvalue weighted by atomic mass is 10.0. The largest absolute Gasteiger partial charge is 0.550 e. The smallest absolute Gasteiger partial charge is 0.134 e. The van der Waals surface area contributed by atoms with Gasteiger partial charge in [-0.3, -0.25) is 0 Å². The minimum absolute atomic E-state index is 0.640. The highest BCUT2D eigenvalue weighted by Gasteiger charge is 2.12. The maximum atomic E-state index is 10.7. The molecule has 0 bridgehead atoms. The number of hydrogen-bond donors (Lipinski definition) is 0. The average molecular weight is 189 g/mol. The van der Waals surface area contributed by atoms with Crippen LogP contribution in [0.1, 0.15) is 18.4 Å². The highest BCUT2D eigenvalue weighted by molar-refractivity contribution is 5.86. The molecule has 14 heavy (non-hydrogen) atoms. The second kappa shape index (κ2) is 3.18. The first-order chi connectivity index (χ1) is 6.70. The van der Waals surface area contributed by atoms with E-state index < -0.39 is 11.9 Å². The Morgan fingerprint density at radius 1 is 1.43 bits per heavy atom. The molecule has 2 aromatic rings. The summed E-state index contributed by atoms with van der Waals surface area (Å²) < 4.78 is 5.23. The number of benzene rings is 1. The lowest BCUT2D eigenvalue weighted by molar-refractivity contribution is -0.307. The predicted molar refractivity (Wildman–Crippen MR) is 49.6 cm³/mol. The fourth-order valence-corrected chi connectivity index (χ4v) is 1.46. The van der Waals surface area contributed by atoms with E-state index in [0.29, 0.717) is 11.1 Å². The molecule has 1 aromatic heterocycles. The number of carboxylic acid groups (broad SMARTS) is 1. The SMILES string of the molecule is CC(C(=O)[O-])c1coc2ccccc12. The molecule has 0 N–H and O–H groups in total. The fourth-order valence-electron chi connectivity index (χ4n) is 1.46. The summed E-state index contributed by atoms with van der Waals surface area (Å²) in [7, 11) is 0. The van der Waals surface area contributed by atoms with Crippen molar-refractivity contribution in [1.29, 1.82) is 0 Å². The topological polar surface area (TPSA) is 53.3 Å². The molecule has 2 rings (SSSR count). The molecule has 1 aromatic carbocycles. The summed E-state index contributed by atoms with van der Waals surface area (Å²) in [6.07, 6.45) is 1.48. The molecule has 72 valence electrons. The van der Waals surface area contributed by atoms with Crippen LogP contribution in [-0.4, -0.2) is 5.97 Å². The van der Waals surface area contributed by atoms with Gasteiger partial charge in [-0.1, -0.05) is 25.1 Å². The van der Waals surface area contributed by atoms with Crippen molar-refractivity contribution >= 4 is 16.9 Å². The molecule has 1 heterocycles. The molecule has 0 fully saturated rings. The summed E-state index contributed by atoms with van der Waals surface area (Å²) in [5.41, 5.74) is 1.37. The predicted octanol–water partition coefficient (Wildman–Crippen LogP) is 1.29. The van der Waals surface area contributed by atoms with Crippen molar-refractivity contribution in [1.82, 2.24) is 0 Å². The van der Waals surface area contributed by atoms with Crippen LogP contribution in [0.2, 0.25) is 0 Å². The number of hydrogen-bond acceptors (Lipinski definition) is 3. The van der Waals surface area contributed by atoms with Crippen LogP contribution in [0.15, 0.2) is 34.9 Å². The van der Waals surface area contributed by atoms with Crippen molar-refractivity contribution in [3.8, 4) is 0 Å². The van der Waals surface area contributed by atoms with Gasteiger partial charge in [0.1, 0.15) is 5.58 Å². The van der Waals surface area contributed by atoms with Crippen molar-refractivity contribution in [3.05, 3.63) is 36.1 Å². The van der Waals surface area contributed by atoms with Crippen LogP contribution in [0.3, 0.4) is 0 Å². The van der Waals surface area contributed by atoms with Crippen LogP contribution in [0, 0.1) is 0 Å². The average Bonchev–Trinajstić information content (AvgIpc) is 2.60. The summed E-state index contributed by atoms with van der Waals surface area (Å²) in [6, 6.07) is 7.34. The quantitative estimate of drug-likeness (QED) is 0.715. The number of fused-ring (bicyclic) bond motifs is 1. The van der Waals surface area contributed by atoms with Gasteiger partial charge in [0.2, 0.25) is 0 Å². The third-order valence-electron chi connectivity index (χ3n) is 2.33. The molecular weight excluding hydrogens is 180 g/mol. The van der Waals surface area contributed by atoms with Crippen molar-refractivity contribution in [2.75, 3.05) is 0 Å². The minimum Gasteiger partial charge on any atom is -0.550 e. The van der Waals surface area contributed by atoms with E-state index in [9.17, 15) is 9.90 Å². The third-order valence-corrected chi connectivity index (χ3v) is 2.33. The molecule has 0 radical (unpaired) electrons. The number of carboxylic acids is 1. The Morgan fingerprint density at radius 3 is 2.86 bits per heavy atom. The Morgan fingerprint density at radius 2 is 2.14 bits per heavy atom. The molecule has 0 amide bonds. The van der Waals surface area contributed by atoms with Gasteiger partial charge in [-0.2, -0.15) is 0 Å². The van der Waals surface area contributed by atoms with Crippen molar-refractivity contribution in [2.45, 2.75) is 12.8 Å². The maximum absolute atomic E-state index is 10.7. The zero-order valence-corrected chi connectivity index (χ0v) is 7.69. The number of carbonyl (C=O) groups excluding carboxylic acids is 1. The maximum Gasteiger partial charge on any atom is 0.134 e. The fraction of sp³-hybridized carbons (Fsp3) is 0.182. The zero-order chi connectivity index (χ0) is 10.1. The van der Waals surface area contributed by atoms with Crippen LogP contribution < -0.4 is 5.11 Å². The molecule has 0 aliphatic carbocycles. The summed E-state index contributed by atoms with van der Waals surface area (Å²) in [5, 5.41) is 11.5.